The van der Waals surface area contributed by atoms with Crippen molar-refractivity contribution in [3.8, 4) is 0 Å². The summed E-state index contributed by atoms with van der Waals surface area (Å²) in [5.74, 6) is -3.21. The van der Waals surface area contributed by atoms with E-state index in [9.17, 15) is 50.1 Å². The molecule has 0 radical (unpaired) electrons. The first-order valence-corrected chi connectivity index (χ1v) is 17.0. The molecule has 7 N–H and O–H groups in total. The summed E-state index contributed by atoms with van der Waals surface area (Å²) in [7, 11) is 0. The van der Waals surface area contributed by atoms with Gasteiger partial charge in [-0.3, -0.25) is 14.4 Å². The molecule has 3 fully saturated rings. The lowest BCUT2D eigenvalue weighted by Gasteiger charge is -2.63. The Kier molecular flexibility index (Phi) is 9.12. The van der Waals surface area contributed by atoms with Gasteiger partial charge in [0, 0.05) is 30.1 Å². The highest BCUT2D eigenvalue weighted by Gasteiger charge is 2.74. The van der Waals surface area contributed by atoms with Gasteiger partial charge in [0.2, 0.25) is 12.1 Å². The summed E-state index contributed by atoms with van der Waals surface area (Å²) in [6.07, 6.45) is -4.80. The van der Waals surface area contributed by atoms with Crippen LogP contribution in [-0.4, -0.2) is 108 Å². The number of fused-ring (bicyclic) bond motifs is 5. The molecule has 5 aliphatic rings. The van der Waals surface area contributed by atoms with Gasteiger partial charge >= 0.3 is 0 Å². The Morgan fingerprint density at radius 1 is 0.979 bits per heavy atom. The van der Waals surface area contributed by atoms with Crippen LogP contribution >= 0.6 is 0 Å². The molecule has 0 aromatic carbocycles. The van der Waals surface area contributed by atoms with Crippen molar-refractivity contribution in [3.63, 3.8) is 0 Å². The number of rotatable bonds is 8. The molecular weight excluding hydrogens is 624 g/mol. The van der Waals surface area contributed by atoms with Crippen molar-refractivity contribution in [2.45, 2.75) is 136 Å². The Labute approximate surface area is 281 Å². The average Bonchev–Trinajstić information content (AvgIpc) is 3.19. The summed E-state index contributed by atoms with van der Waals surface area (Å²) in [4.78, 5) is 42.0. The summed E-state index contributed by atoms with van der Waals surface area (Å²) in [5.41, 5.74) is -6.30. The van der Waals surface area contributed by atoms with Crippen molar-refractivity contribution in [1.82, 2.24) is 0 Å². The highest BCUT2D eigenvalue weighted by Crippen LogP contribution is 2.74. The van der Waals surface area contributed by atoms with Crippen molar-refractivity contribution in [2.24, 2.45) is 39.4 Å². The quantitative estimate of drug-likeness (QED) is 0.180. The van der Waals surface area contributed by atoms with E-state index in [1.807, 2.05) is 26.8 Å². The van der Waals surface area contributed by atoms with Crippen molar-refractivity contribution < 1.29 is 59.6 Å². The standard InChI is InChI=1S/C36H54O12/c1-31(2,45)12-11-23(39)36(8,46)28-19(38)14-33(5)22-10-9-17-18(35(22,7)24(40)15-34(28,33)6)13-20(29(44)32(17,3)4)47-30-27(43)26(42)25(41)21(16-37)48-30/h9,13,18-19,21-22,25-28,30,37-38,41-43,45-46H,10-12,14-16H2,1-8H3/t18-,19+,21-,22-,25-,26+,27-,28-,30-,33-,34+,35-,36-/m0/s1. The summed E-state index contributed by atoms with van der Waals surface area (Å²) in [5, 5.41) is 74.5. The zero-order valence-electron chi connectivity index (χ0n) is 29.3. The first-order chi connectivity index (χ1) is 21.9. The number of Topliss-reactive ketones (excluding diaryl/α,β-unsaturated/α-hetero) is 3. The van der Waals surface area contributed by atoms with Crippen LogP contribution < -0.4 is 0 Å². The molecule has 0 unspecified atom stereocenters. The topological polar surface area (TPSA) is 211 Å². The first-order valence-electron chi connectivity index (χ1n) is 17.0. The Balaban J connectivity index is 1.53. The molecule has 1 heterocycles. The van der Waals surface area contributed by atoms with Gasteiger partial charge < -0.3 is 45.2 Å². The van der Waals surface area contributed by atoms with Crippen LogP contribution in [0, 0.1) is 39.4 Å². The van der Waals surface area contributed by atoms with Crippen molar-refractivity contribution >= 4 is 17.3 Å². The maximum atomic E-state index is 14.7. The average molecular weight is 679 g/mol. The fraction of sp³-hybridized carbons (Fsp3) is 0.806. The summed E-state index contributed by atoms with van der Waals surface area (Å²) in [6, 6.07) is 0. The number of aliphatic hydroxyl groups is 7. The predicted octanol–water partition coefficient (Wildman–Crippen LogP) is 1.10. The van der Waals surface area contributed by atoms with E-state index in [-0.39, 0.29) is 43.1 Å². The SMILES string of the molecule is CC(C)(O)CCC(=O)[C@](C)(O)[C@H]1[C@H](O)C[C@@]2(C)[C@@H]3CC=C4[C@H](C=C(O[C@H]5O[C@@H](CO)[C@H](O)[C@@H](O)[C@@H]5O)C(=O)C4(C)C)[C@]3(C)C(=O)C[C@]12C. The van der Waals surface area contributed by atoms with Gasteiger partial charge in [0.15, 0.2) is 11.5 Å². The van der Waals surface area contributed by atoms with Crippen LogP contribution in [0.1, 0.15) is 87.5 Å². The van der Waals surface area contributed by atoms with E-state index < -0.39 is 99.7 Å². The third kappa shape index (κ3) is 5.28. The van der Waals surface area contributed by atoms with Crippen molar-refractivity contribution in [1.29, 1.82) is 0 Å². The molecule has 0 bridgehead atoms. The van der Waals surface area contributed by atoms with Crippen LogP contribution in [0.5, 0.6) is 0 Å². The largest absolute Gasteiger partial charge is 0.459 e. The second-order valence-corrected chi connectivity index (χ2v) is 17.1. The maximum Gasteiger partial charge on any atom is 0.229 e. The van der Waals surface area contributed by atoms with Gasteiger partial charge in [0.1, 0.15) is 35.8 Å². The highest BCUT2D eigenvalue weighted by atomic mass is 16.7. The molecular formula is C36H54O12. The number of ether oxygens (including phenoxy) is 2. The lowest BCUT2D eigenvalue weighted by atomic mass is 9.39. The number of ketones is 3. The van der Waals surface area contributed by atoms with E-state index >= 15 is 0 Å². The molecule has 13 atom stereocenters. The van der Waals surface area contributed by atoms with Gasteiger partial charge in [-0.05, 0) is 76.7 Å². The van der Waals surface area contributed by atoms with E-state index in [1.54, 1.807) is 33.8 Å². The molecule has 1 aliphatic heterocycles. The van der Waals surface area contributed by atoms with Gasteiger partial charge in [-0.25, -0.2) is 0 Å². The Morgan fingerprint density at radius 3 is 2.19 bits per heavy atom. The molecule has 0 aromatic rings. The molecule has 2 saturated carbocycles. The van der Waals surface area contributed by atoms with E-state index in [0.29, 0.717) is 6.42 Å². The highest BCUT2D eigenvalue weighted by molar-refractivity contribution is 6.02. The smallest absolute Gasteiger partial charge is 0.229 e. The van der Waals surface area contributed by atoms with E-state index in [2.05, 4.69) is 0 Å². The predicted molar refractivity (Wildman–Crippen MR) is 171 cm³/mol. The number of hydrogen-bond donors (Lipinski definition) is 7. The number of carbonyl (C=O) groups is 3. The van der Waals surface area contributed by atoms with Crippen LogP contribution in [0.15, 0.2) is 23.5 Å². The van der Waals surface area contributed by atoms with Crippen LogP contribution in [0.4, 0.5) is 0 Å². The maximum absolute atomic E-state index is 14.7. The molecule has 48 heavy (non-hydrogen) atoms. The minimum atomic E-state index is -1.97. The molecule has 12 nitrogen and oxygen atoms in total. The molecule has 0 aromatic heterocycles. The Morgan fingerprint density at radius 2 is 1.60 bits per heavy atom. The van der Waals surface area contributed by atoms with E-state index in [1.165, 1.54) is 6.92 Å². The number of carbonyl (C=O) groups excluding carboxylic acids is 3. The van der Waals surface area contributed by atoms with Gasteiger partial charge in [-0.1, -0.05) is 32.4 Å². The minimum Gasteiger partial charge on any atom is -0.459 e. The molecule has 270 valence electrons. The minimum absolute atomic E-state index is 0.0396. The van der Waals surface area contributed by atoms with Crippen molar-refractivity contribution in [3.05, 3.63) is 23.5 Å². The fourth-order valence-corrected chi connectivity index (χ4v) is 10.2. The first kappa shape index (κ1) is 37.2. The molecule has 5 rings (SSSR count). The summed E-state index contributed by atoms with van der Waals surface area (Å²) < 4.78 is 11.5. The molecule has 12 heteroatoms. The van der Waals surface area contributed by atoms with Gasteiger partial charge in [-0.15, -0.1) is 0 Å². The van der Waals surface area contributed by atoms with Crippen LogP contribution in [0.3, 0.4) is 0 Å². The third-order valence-electron chi connectivity index (χ3n) is 13.2. The summed E-state index contributed by atoms with van der Waals surface area (Å²) in [6.45, 7) is 13.1. The zero-order valence-corrected chi connectivity index (χ0v) is 29.3. The zero-order chi connectivity index (χ0) is 36.2. The Hall–Kier alpha value is -2.03. The van der Waals surface area contributed by atoms with Crippen LogP contribution in [-0.2, 0) is 23.9 Å². The Bertz CT molecular complexity index is 1410. The second kappa shape index (κ2) is 11.8. The van der Waals surface area contributed by atoms with Crippen LogP contribution in [0.25, 0.3) is 0 Å². The monoisotopic (exact) mass is 678 g/mol. The van der Waals surface area contributed by atoms with Gasteiger partial charge in [-0.2, -0.15) is 0 Å². The summed E-state index contributed by atoms with van der Waals surface area (Å²) >= 11 is 0. The van der Waals surface area contributed by atoms with Crippen LogP contribution in [0.2, 0.25) is 0 Å². The molecule has 0 amide bonds. The lowest BCUT2D eigenvalue weighted by Crippen LogP contribution is -2.64. The molecule has 0 spiro atoms. The number of allylic oxidation sites excluding steroid dienone is 4. The molecule has 1 saturated heterocycles. The van der Waals surface area contributed by atoms with Gasteiger partial charge in [0.25, 0.3) is 0 Å². The van der Waals surface area contributed by atoms with E-state index in [4.69, 9.17) is 9.47 Å². The molecule has 4 aliphatic carbocycles. The third-order valence-corrected chi connectivity index (χ3v) is 13.2. The number of aliphatic hydroxyl groups excluding tert-OH is 5. The fourth-order valence-electron chi connectivity index (χ4n) is 10.2. The lowest BCUT2D eigenvalue weighted by molar-refractivity contribution is -0.291. The normalized spacial score (nSPS) is 45.3. The van der Waals surface area contributed by atoms with E-state index in [0.717, 1.165) is 5.57 Å². The second-order valence-electron chi connectivity index (χ2n) is 17.1. The van der Waals surface area contributed by atoms with Gasteiger partial charge in [0.05, 0.1) is 23.7 Å². The number of hydrogen-bond acceptors (Lipinski definition) is 12. The van der Waals surface area contributed by atoms with Crippen molar-refractivity contribution in [2.75, 3.05) is 6.61 Å².